The number of rotatable bonds is 2. The van der Waals surface area contributed by atoms with Crippen LogP contribution in [0.4, 0.5) is 0 Å². The van der Waals surface area contributed by atoms with E-state index in [1.165, 1.54) is 43.2 Å². The van der Waals surface area contributed by atoms with Crippen molar-refractivity contribution >= 4 is 10.9 Å². The Labute approximate surface area is 108 Å². The first kappa shape index (κ1) is 11.7. The molecule has 18 heavy (non-hydrogen) atoms. The third-order valence-electron chi connectivity index (χ3n) is 4.34. The first-order chi connectivity index (χ1) is 8.84. The molecular weight excluding hydrogens is 220 g/mol. The standard InChI is InChI=1S/C16H20N2/c17-12-16(10-4-1-5-11-16)15-9-8-13-6-2-3-7-14(13)18-15/h2-3,6-9H,1,4-5,10-12,17H2. The second-order valence-corrected chi connectivity index (χ2v) is 5.43. The van der Waals surface area contributed by atoms with Gasteiger partial charge in [-0.05, 0) is 25.0 Å². The van der Waals surface area contributed by atoms with E-state index >= 15 is 0 Å². The van der Waals surface area contributed by atoms with Crippen molar-refractivity contribution in [1.82, 2.24) is 4.98 Å². The van der Waals surface area contributed by atoms with Crippen molar-refractivity contribution in [2.75, 3.05) is 6.54 Å². The van der Waals surface area contributed by atoms with E-state index in [2.05, 4.69) is 36.4 Å². The third kappa shape index (κ3) is 1.91. The monoisotopic (exact) mass is 240 g/mol. The molecule has 1 saturated carbocycles. The maximum absolute atomic E-state index is 6.07. The van der Waals surface area contributed by atoms with Crippen LogP contribution in [0, 0.1) is 0 Å². The predicted octanol–water partition coefficient (Wildman–Crippen LogP) is 3.40. The molecule has 0 atom stereocenters. The lowest BCUT2D eigenvalue weighted by Crippen LogP contribution is -2.37. The average Bonchev–Trinajstić information content (AvgIpc) is 2.47. The predicted molar refractivity (Wildman–Crippen MR) is 75.6 cm³/mol. The minimum Gasteiger partial charge on any atom is -0.330 e. The molecule has 94 valence electrons. The highest BCUT2D eigenvalue weighted by Crippen LogP contribution is 2.38. The van der Waals surface area contributed by atoms with Crippen LogP contribution >= 0.6 is 0 Å². The van der Waals surface area contributed by atoms with Crippen LogP contribution in [0.2, 0.25) is 0 Å². The van der Waals surface area contributed by atoms with Crippen LogP contribution in [0.25, 0.3) is 10.9 Å². The zero-order chi connectivity index (χ0) is 12.4. The molecule has 2 aromatic rings. The van der Waals surface area contributed by atoms with Crippen molar-refractivity contribution in [3.8, 4) is 0 Å². The summed E-state index contributed by atoms with van der Waals surface area (Å²) in [5.74, 6) is 0. The molecule has 1 aromatic heterocycles. The zero-order valence-electron chi connectivity index (χ0n) is 10.7. The summed E-state index contributed by atoms with van der Waals surface area (Å²) in [7, 11) is 0. The van der Waals surface area contributed by atoms with E-state index in [0.717, 1.165) is 12.1 Å². The van der Waals surface area contributed by atoms with E-state index < -0.39 is 0 Å². The fourth-order valence-corrected chi connectivity index (χ4v) is 3.15. The third-order valence-corrected chi connectivity index (χ3v) is 4.34. The van der Waals surface area contributed by atoms with Gasteiger partial charge in [0, 0.05) is 23.0 Å². The summed E-state index contributed by atoms with van der Waals surface area (Å²) < 4.78 is 0. The molecule has 1 aliphatic rings. The van der Waals surface area contributed by atoms with Crippen LogP contribution in [-0.2, 0) is 5.41 Å². The molecule has 1 aliphatic carbocycles. The van der Waals surface area contributed by atoms with Gasteiger partial charge >= 0.3 is 0 Å². The van der Waals surface area contributed by atoms with Crippen molar-refractivity contribution in [1.29, 1.82) is 0 Å². The van der Waals surface area contributed by atoms with Crippen molar-refractivity contribution in [3.05, 3.63) is 42.1 Å². The molecule has 2 N–H and O–H groups in total. The van der Waals surface area contributed by atoms with E-state index in [9.17, 15) is 0 Å². The number of fused-ring (bicyclic) bond motifs is 1. The number of benzene rings is 1. The zero-order valence-corrected chi connectivity index (χ0v) is 10.7. The second-order valence-electron chi connectivity index (χ2n) is 5.43. The SMILES string of the molecule is NCC1(c2ccc3ccccc3n2)CCCCC1. The largest absolute Gasteiger partial charge is 0.330 e. The summed E-state index contributed by atoms with van der Waals surface area (Å²) in [4.78, 5) is 4.86. The fourth-order valence-electron chi connectivity index (χ4n) is 3.15. The van der Waals surface area contributed by atoms with Gasteiger partial charge in [-0.1, -0.05) is 43.5 Å². The summed E-state index contributed by atoms with van der Waals surface area (Å²) in [6.07, 6.45) is 6.29. The number of nitrogens with two attached hydrogens (primary N) is 1. The van der Waals surface area contributed by atoms with Gasteiger partial charge in [-0.25, -0.2) is 0 Å². The van der Waals surface area contributed by atoms with Gasteiger partial charge in [0.15, 0.2) is 0 Å². The van der Waals surface area contributed by atoms with Gasteiger partial charge in [0.2, 0.25) is 0 Å². The average molecular weight is 240 g/mol. The van der Waals surface area contributed by atoms with Crippen LogP contribution in [0.15, 0.2) is 36.4 Å². The fraction of sp³-hybridized carbons (Fsp3) is 0.438. The Morgan fingerprint density at radius 2 is 1.78 bits per heavy atom. The molecular formula is C16H20N2. The number of hydrogen-bond acceptors (Lipinski definition) is 2. The maximum atomic E-state index is 6.07. The number of nitrogens with zero attached hydrogens (tertiary/aromatic N) is 1. The molecule has 1 heterocycles. The van der Waals surface area contributed by atoms with Gasteiger partial charge in [0.25, 0.3) is 0 Å². The molecule has 0 spiro atoms. The van der Waals surface area contributed by atoms with Gasteiger partial charge < -0.3 is 5.73 Å². The minimum absolute atomic E-state index is 0.127. The second kappa shape index (κ2) is 4.69. The van der Waals surface area contributed by atoms with Crippen LogP contribution < -0.4 is 5.73 Å². The maximum Gasteiger partial charge on any atom is 0.0705 e. The lowest BCUT2D eigenvalue weighted by Gasteiger charge is -2.35. The Kier molecular flexibility index (Phi) is 3.04. The van der Waals surface area contributed by atoms with Crippen molar-refractivity contribution in [2.45, 2.75) is 37.5 Å². The Bertz CT molecular complexity index is 542. The molecule has 0 aliphatic heterocycles. The minimum atomic E-state index is 0.127. The molecule has 2 nitrogen and oxygen atoms in total. The summed E-state index contributed by atoms with van der Waals surface area (Å²) >= 11 is 0. The Morgan fingerprint density at radius 1 is 1.00 bits per heavy atom. The number of para-hydroxylation sites is 1. The van der Waals surface area contributed by atoms with Crippen LogP contribution in [0.1, 0.15) is 37.8 Å². The number of aromatic nitrogens is 1. The molecule has 0 amide bonds. The van der Waals surface area contributed by atoms with E-state index in [0.29, 0.717) is 0 Å². The van der Waals surface area contributed by atoms with Crippen molar-refractivity contribution in [3.63, 3.8) is 0 Å². The molecule has 1 aromatic carbocycles. The first-order valence-electron chi connectivity index (χ1n) is 6.90. The molecule has 0 saturated heterocycles. The highest BCUT2D eigenvalue weighted by atomic mass is 14.8. The van der Waals surface area contributed by atoms with Crippen LogP contribution in [-0.4, -0.2) is 11.5 Å². The van der Waals surface area contributed by atoms with E-state index in [4.69, 9.17) is 10.7 Å². The number of hydrogen-bond donors (Lipinski definition) is 1. The lowest BCUT2D eigenvalue weighted by atomic mass is 9.71. The summed E-state index contributed by atoms with van der Waals surface area (Å²) in [5, 5.41) is 1.21. The van der Waals surface area contributed by atoms with E-state index in [-0.39, 0.29) is 5.41 Å². The van der Waals surface area contributed by atoms with Crippen molar-refractivity contribution < 1.29 is 0 Å². The Balaban J connectivity index is 2.06. The van der Waals surface area contributed by atoms with Gasteiger partial charge in [-0.2, -0.15) is 0 Å². The molecule has 0 radical (unpaired) electrons. The normalized spacial score (nSPS) is 18.9. The van der Waals surface area contributed by atoms with Crippen LogP contribution in [0.5, 0.6) is 0 Å². The smallest absolute Gasteiger partial charge is 0.0705 e. The summed E-state index contributed by atoms with van der Waals surface area (Å²) in [6.45, 7) is 0.721. The van der Waals surface area contributed by atoms with Gasteiger partial charge in [0.1, 0.15) is 0 Å². The van der Waals surface area contributed by atoms with E-state index in [1.807, 2.05) is 0 Å². The topological polar surface area (TPSA) is 38.9 Å². The highest BCUT2D eigenvalue weighted by Gasteiger charge is 2.33. The highest BCUT2D eigenvalue weighted by molar-refractivity contribution is 5.78. The Hall–Kier alpha value is -1.41. The van der Waals surface area contributed by atoms with Crippen LogP contribution in [0.3, 0.4) is 0 Å². The molecule has 0 bridgehead atoms. The molecule has 1 fully saturated rings. The van der Waals surface area contributed by atoms with Gasteiger partial charge in [-0.15, -0.1) is 0 Å². The number of pyridine rings is 1. The summed E-state index contributed by atoms with van der Waals surface area (Å²) in [6, 6.07) is 12.7. The molecule has 3 rings (SSSR count). The molecule has 2 heteroatoms. The Morgan fingerprint density at radius 3 is 2.56 bits per heavy atom. The first-order valence-corrected chi connectivity index (χ1v) is 6.90. The summed E-state index contributed by atoms with van der Waals surface area (Å²) in [5.41, 5.74) is 8.49. The van der Waals surface area contributed by atoms with Gasteiger partial charge in [0.05, 0.1) is 5.52 Å². The lowest BCUT2D eigenvalue weighted by molar-refractivity contribution is 0.294. The van der Waals surface area contributed by atoms with E-state index in [1.54, 1.807) is 0 Å². The van der Waals surface area contributed by atoms with Gasteiger partial charge in [-0.3, -0.25) is 4.98 Å². The van der Waals surface area contributed by atoms with Crippen molar-refractivity contribution in [2.24, 2.45) is 5.73 Å². The quantitative estimate of drug-likeness (QED) is 0.873. The molecule has 0 unspecified atom stereocenters.